The van der Waals surface area contributed by atoms with Crippen molar-refractivity contribution in [3.05, 3.63) is 77.3 Å². The Labute approximate surface area is 205 Å². The van der Waals surface area contributed by atoms with E-state index in [-0.39, 0.29) is 30.1 Å². The number of carbonyl (C=O) groups is 2. The van der Waals surface area contributed by atoms with E-state index >= 15 is 0 Å². The molecule has 3 aromatic rings. The van der Waals surface area contributed by atoms with E-state index in [2.05, 4.69) is 20.8 Å². The van der Waals surface area contributed by atoms with Gasteiger partial charge in [-0.2, -0.15) is 0 Å². The van der Waals surface area contributed by atoms with Gasteiger partial charge >= 0.3 is 12.0 Å². The van der Waals surface area contributed by atoms with Crippen molar-refractivity contribution in [3.8, 4) is 11.5 Å². The van der Waals surface area contributed by atoms with Gasteiger partial charge in [-0.3, -0.25) is 0 Å². The van der Waals surface area contributed by atoms with Crippen LogP contribution in [0.3, 0.4) is 0 Å². The van der Waals surface area contributed by atoms with Gasteiger partial charge < -0.3 is 29.3 Å². The van der Waals surface area contributed by atoms with Crippen molar-refractivity contribution in [1.29, 1.82) is 0 Å². The van der Waals surface area contributed by atoms with Crippen LogP contribution in [0.25, 0.3) is 0 Å². The summed E-state index contributed by atoms with van der Waals surface area (Å²) in [5.41, 5.74) is 1.50. The normalized spacial score (nSPS) is 19.1. The molecule has 2 amide bonds. The number of fused-ring (bicyclic) bond motifs is 1. The molecule has 0 radical (unpaired) electrons. The molecule has 0 aliphatic carbocycles. The molecule has 0 fully saturated rings. The molecule has 2 aliphatic rings. The second-order valence-electron chi connectivity index (χ2n) is 7.61. The van der Waals surface area contributed by atoms with Crippen molar-refractivity contribution in [2.45, 2.75) is 24.3 Å². The Balaban J connectivity index is 1.35. The lowest BCUT2D eigenvalue weighted by Crippen LogP contribution is -2.46. The number of ether oxygens (including phenoxy) is 3. The number of hydrogen-bond donors (Lipinski definition) is 2. The number of thioether (sulfide) groups is 1. The molecule has 3 heterocycles. The van der Waals surface area contributed by atoms with Gasteiger partial charge in [-0.1, -0.05) is 54.2 Å². The first-order valence-electron chi connectivity index (χ1n) is 11.0. The molecule has 0 bridgehead atoms. The molecule has 0 saturated carbocycles. The molecule has 2 atom stereocenters. The molecular formula is C24H22N4O6S. The standard InChI is InChI=1S/C24H22N4O6S/c1-2-31-22(29)19-15(25-23(30)26-20(19)14-8-4-3-5-9-14)13-35-24-28-27-21(34-24)18-12-32-16-10-6-7-11-17(16)33-18/h3-11,18,20H,2,12-13H2,1H3,(H2,25,26,30). The topological polar surface area (TPSA) is 125 Å². The predicted molar refractivity (Wildman–Crippen MR) is 125 cm³/mol. The van der Waals surface area contributed by atoms with Crippen LogP contribution in [0.15, 0.2) is 75.5 Å². The molecule has 10 nitrogen and oxygen atoms in total. The third-order valence-electron chi connectivity index (χ3n) is 5.33. The van der Waals surface area contributed by atoms with Crippen LogP contribution in [0.4, 0.5) is 4.79 Å². The Morgan fingerprint density at radius 3 is 2.69 bits per heavy atom. The Morgan fingerprint density at radius 1 is 1.11 bits per heavy atom. The monoisotopic (exact) mass is 494 g/mol. The molecule has 5 rings (SSSR count). The molecule has 2 N–H and O–H groups in total. The number of urea groups is 1. The number of nitrogens with zero attached hydrogens (tertiary/aromatic N) is 2. The van der Waals surface area contributed by atoms with Crippen molar-refractivity contribution < 1.29 is 28.2 Å². The lowest BCUT2D eigenvalue weighted by molar-refractivity contribution is -0.139. The van der Waals surface area contributed by atoms with E-state index in [0.29, 0.717) is 22.8 Å². The SMILES string of the molecule is CCOC(=O)C1=C(CSc2nnc(C3COc4ccccc4O3)o2)NC(=O)NC1c1ccccc1. The maximum atomic E-state index is 12.9. The minimum atomic E-state index is -0.647. The highest BCUT2D eigenvalue weighted by molar-refractivity contribution is 7.99. The fraction of sp³-hybridized carbons (Fsp3) is 0.250. The minimum Gasteiger partial charge on any atom is -0.485 e. The van der Waals surface area contributed by atoms with E-state index in [1.807, 2.05) is 48.5 Å². The quantitative estimate of drug-likeness (QED) is 0.375. The first-order valence-corrected chi connectivity index (χ1v) is 12.0. The maximum absolute atomic E-state index is 12.9. The zero-order valence-electron chi connectivity index (χ0n) is 18.7. The number of rotatable bonds is 7. The summed E-state index contributed by atoms with van der Waals surface area (Å²) in [5.74, 6) is 1.23. The Bertz CT molecular complexity index is 1260. The van der Waals surface area contributed by atoms with E-state index < -0.39 is 24.1 Å². The van der Waals surface area contributed by atoms with Crippen LogP contribution in [0.5, 0.6) is 11.5 Å². The van der Waals surface area contributed by atoms with E-state index in [9.17, 15) is 9.59 Å². The highest BCUT2D eigenvalue weighted by Crippen LogP contribution is 2.36. The van der Waals surface area contributed by atoms with Gasteiger partial charge in [0.1, 0.15) is 6.61 Å². The first kappa shape index (κ1) is 22.8. The van der Waals surface area contributed by atoms with Gasteiger partial charge in [0.2, 0.25) is 6.10 Å². The molecular weight excluding hydrogens is 472 g/mol. The molecule has 2 aliphatic heterocycles. The van der Waals surface area contributed by atoms with Crippen LogP contribution < -0.4 is 20.1 Å². The summed E-state index contributed by atoms with van der Waals surface area (Å²) in [7, 11) is 0. The predicted octanol–water partition coefficient (Wildman–Crippen LogP) is 3.55. The number of para-hydroxylation sites is 2. The number of esters is 1. The largest absolute Gasteiger partial charge is 0.485 e. The highest BCUT2D eigenvalue weighted by atomic mass is 32.2. The van der Waals surface area contributed by atoms with Crippen LogP contribution in [0.1, 0.15) is 30.5 Å². The average Bonchev–Trinajstić information content (AvgIpc) is 3.36. The van der Waals surface area contributed by atoms with Crippen LogP contribution >= 0.6 is 11.8 Å². The van der Waals surface area contributed by atoms with Crippen LogP contribution in [0.2, 0.25) is 0 Å². The summed E-state index contributed by atoms with van der Waals surface area (Å²) >= 11 is 1.19. The van der Waals surface area contributed by atoms with Crippen LogP contribution in [0, 0.1) is 0 Å². The summed E-state index contributed by atoms with van der Waals surface area (Å²) in [4.78, 5) is 25.3. The molecule has 2 unspecified atom stereocenters. The average molecular weight is 495 g/mol. The Kier molecular flexibility index (Phi) is 6.57. The molecule has 0 spiro atoms. The molecule has 180 valence electrons. The smallest absolute Gasteiger partial charge is 0.338 e. The zero-order chi connectivity index (χ0) is 24.2. The molecule has 2 aromatic carbocycles. The highest BCUT2D eigenvalue weighted by Gasteiger charge is 2.34. The summed E-state index contributed by atoms with van der Waals surface area (Å²) in [6.07, 6.45) is -0.540. The fourth-order valence-electron chi connectivity index (χ4n) is 3.76. The Hall–Kier alpha value is -3.99. The molecule has 1 aromatic heterocycles. The number of carbonyl (C=O) groups excluding carboxylic acids is 2. The van der Waals surface area contributed by atoms with Gasteiger partial charge in [0, 0.05) is 11.4 Å². The van der Waals surface area contributed by atoms with Gasteiger partial charge in [0.15, 0.2) is 11.5 Å². The second-order valence-corrected chi connectivity index (χ2v) is 8.54. The van der Waals surface area contributed by atoms with Crippen molar-refractivity contribution in [3.63, 3.8) is 0 Å². The maximum Gasteiger partial charge on any atom is 0.338 e. The summed E-state index contributed by atoms with van der Waals surface area (Å²) in [6, 6.07) is 15.5. The van der Waals surface area contributed by atoms with E-state index in [1.165, 1.54) is 11.8 Å². The van der Waals surface area contributed by atoms with Crippen molar-refractivity contribution >= 4 is 23.8 Å². The Morgan fingerprint density at radius 2 is 1.89 bits per heavy atom. The molecule has 35 heavy (non-hydrogen) atoms. The number of benzene rings is 2. The summed E-state index contributed by atoms with van der Waals surface area (Å²) in [6.45, 7) is 2.18. The summed E-state index contributed by atoms with van der Waals surface area (Å²) < 4.78 is 22.7. The number of hydrogen-bond acceptors (Lipinski definition) is 9. The zero-order valence-corrected chi connectivity index (χ0v) is 19.5. The van der Waals surface area contributed by atoms with Gasteiger partial charge in [-0.15, -0.1) is 10.2 Å². The minimum absolute atomic E-state index is 0.206. The van der Waals surface area contributed by atoms with Gasteiger partial charge in [-0.25, -0.2) is 9.59 Å². The summed E-state index contributed by atoms with van der Waals surface area (Å²) in [5, 5.41) is 14.0. The first-order chi connectivity index (χ1) is 17.1. The second kappa shape index (κ2) is 10.1. The van der Waals surface area contributed by atoms with Gasteiger partial charge in [0.05, 0.1) is 18.2 Å². The lowest BCUT2D eigenvalue weighted by Gasteiger charge is -2.29. The third-order valence-corrected chi connectivity index (χ3v) is 6.17. The van der Waals surface area contributed by atoms with E-state index in [0.717, 1.165) is 5.56 Å². The lowest BCUT2D eigenvalue weighted by atomic mass is 9.95. The van der Waals surface area contributed by atoms with E-state index in [1.54, 1.807) is 13.0 Å². The fourth-order valence-corrected chi connectivity index (χ4v) is 4.50. The van der Waals surface area contributed by atoms with Gasteiger partial charge in [0.25, 0.3) is 11.1 Å². The number of nitrogens with one attached hydrogen (secondary N) is 2. The molecule has 11 heteroatoms. The van der Waals surface area contributed by atoms with Gasteiger partial charge in [-0.05, 0) is 24.6 Å². The van der Waals surface area contributed by atoms with E-state index in [4.69, 9.17) is 18.6 Å². The van der Waals surface area contributed by atoms with Crippen molar-refractivity contribution in [1.82, 2.24) is 20.8 Å². The molecule has 0 saturated heterocycles. The number of amides is 2. The van der Waals surface area contributed by atoms with Crippen LogP contribution in [-0.4, -0.2) is 41.2 Å². The van der Waals surface area contributed by atoms with Crippen LogP contribution in [-0.2, 0) is 9.53 Å². The van der Waals surface area contributed by atoms with Crippen molar-refractivity contribution in [2.24, 2.45) is 0 Å². The number of aromatic nitrogens is 2. The third kappa shape index (κ3) is 4.94. The van der Waals surface area contributed by atoms with Crippen molar-refractivity contribution in [2.75, 3.05) is 19.0 Å².